The highest BCUT2D eigenvalue weighted by molar-refractivity contribution is 9.10. The number of nitrogens with one attached hydrogen (secondary N) is 1. The number of hydrogen-bond donors (Lipinski definition) is 1. The number of likely N-dealkylation sites (N-methyl/N-ethyl adjacent to an activating group) is 1. The van der Waals surface area contributed by atoms with Crippen LogP contribution < -0.4 is 10.2 Å². The molecule has 0 spiro atoms. The van der Waals surface area contributed by atoms with Crippen LogP contribution >= 0.6 is 15.9 Å². The summed E-state index contributed by atoms with van der Waals surface area (Å²) in [5.74, 6) is 0. The Morgan fingerprint density at radius 1 is 1.40 bits per heavy atom. The van der Waals surface area contributed by atoms with Gasteiger partial charge >= 0.3 is 0 Å². The van der Waals surface area contributed by atoms with Crippen molar-refractivity contribution in [3.05, 3.63) is 28.2 Å². The quantitative estimate of drug-likeness (QED) is 0.908. The first kappa shape index (κ1) is 15.8. The molecule has 2 atom stereocenters. The molecule has 1 aromatic carbocycles. The van der Waals surface area contributed by atoms with Crippen LogP contribution in [0.2, 0.25) is 0 Å². The van der Waals surface area contributed by atoms with E-state index in [-0.39, 0.29) is 0 Å². The normalized spacial score (nSPS) is 21.3. The van der Waals surface area contributed by atoms with Crippen molar-refractivity contribution in [3.8, 4) is 0 Å². The Morgan fingerprint density at radius 3 is 2.75 bits per heavy atom. The van der Waals surface area contributed by atoms with E-state index in [0.717, 1.165) is 13.1 Å². The van der Waals surface area contributed by atoms with E-state index in [2.05, 4.69) is 70.3 Å². The summed E-state index contributed by atoms with van der Waals surface area (Å²) in [7, 11) is 6.36. The molecule has 0 bridgehead atoms. The van der Waals surface area contributed by atoms with E-state index in [0.29, 0.717) is 12.1 Å². The molecular formula is C16H26BrN3. The highest BCUT2D eigenvalue weighted by Gasteiger charge is 2.22. The number of nitrogens with zero attached hydrogens (tertiary/aromatic N) is 2. The highest BCUT2D eigenvalue weighted by Crippen LogP contribution is 2.30. The molecular weight excluding hydrogens is 314 g/mol. The second-order valence-electron chi connectivity index (χ2n) is 5.92. The van der Waals surface area contributed by atoms with Gasteiger partial charge in [0.1, 0.15) is 0 Å². The minimum atomic E-state index is 0.370. The molecule has 0 amide bonds. The van der Waals surface area contributed by atoms with Crippen LogP contribution in [0.15, 0.2) is 22.7 Å². The predicted molar refractivity (Wildman–Crippen MR) is 90.5 cm³/mol. The zero-order chi connectivity index (χ0) is 14.7. The van der Waals surface area contributed by atoms with E-state index >= 15 is 0 Å². The second kappa shape index (κ2) is 6.92. The summed E-state index contributed by atoms with van der Waals surface area (Å²) in [6, 6.07) is 7.79. The SMILES string of the molecule is CNC(C)c1ccc(N2CCCC(N(C)C)C2)cc1Br. The van der Waals surface area contributed by atoms with Gasteiger partial charge in [-0.15, -0.1) is 0 Å². The van der Waals surface area contributed by atoms with Crippen molar-refractivity contribution in [1.82, 2.24) is 10.2 Å². The fourth-order valence-corrected chi connectivity index (χ4v) is 3.54. The molecule has 1 aliphatic rings. The molecule has 0 saturated carbocycles. The lowest BCUT2D eigenvalue weighted by molar-refractivity contribution is 0.258. The van der Waals surface area contributed by atoms with Gasteiger partial charge in [-0.25, -0.2) is 0 Å². The summed E-state index contributed by atoms with van der Waals surface area (Å²) in [5.41, 5.74) is 2.65. The van der Waals surface area contributed by atoms with Crippen molar-refractivity contribution in [1.29, 1.82) is 0 Å². The van der Waals surface area contributed by atoms with E-state index in [1.54, 1.807) is 0 Å². The summed E-state index contributed by atoms with van der Waals surface area (Å²) in [6.07, 6.45) is 2.58. The van der Waals surface area contributed by atoms with Gasteiger partial charge in [-0.1, -0.05) is 22.0 Å². The van der Waals surface area contributed by atoms with Gasteiger partial charge in [0.05, 0.1) is 0 Å². The third-order valence-electron chi connectivity index (χ3n) is 4.38. The van der Waals surface area contributed by atoms with Crippen molar-refractivity contribution in [2.75, 3.05) is 39.1 Å². The van der Waals surface area contributed by atoms with E-state index in [1.807, 2.05) is 7.05 Å². The molecule has 1 saturated heterocycles. The lowest BCUT2D eigenvalue weighted by Gasteiger charge is -2.37. The summed E-state index contributed by atoms with van der Waals surface area (Å²) in [5, 5.41) is 3.29. The van der Waals surface area contributed by atoms with Crippen LogP contribution in [0, 0.1) is 0 Å². The van der Waals surface area contributed by atoms with Crippen LogP contribution in [0.5, 0.6) is 0 Å². The molecule has 0 radical (unpaired) electrons. The van der Waals surface area contributed by atoms with Gasteiger partial charge in [0.25, 0.3) is 0 Å². The van der Waals surface area contributed by atoms with Crippen LogP contribution in [0.25, 0.3) is 0 Å². The van der Waals surface area contributed by atoms with Crippen molar-refractivity contribution < 1.29 is 0 Å². The van der Waals surface area contributed by atoms with E-state index in [1.165, 1.54) is 28.6 Å². The summed E-state index contributed by atoms with van der Waals surface area (Å²) < 4.78 is 1.20. The first-order chi connectivity index (χ1) is 9.52. The van der Waals surface area contributed by atoms with E-state index in [9.17, 15) is 0 Å². The molecule has 0 aromatic heterocycles. The molecule has 3 nitrogen and oxygen atoms in total. The van der Waals surface area contributed by atoms with Gasteiger partial charge in [-0.2, -0.15) is 0 Å². The summed E-state index contributed by atoms with van der Waals surface area (Å²) in [6.45, 7) is 4.47. The zero-order valence-corrected chi connectivity index (χ0v) is 14.6. The maximum atomic E-state index is 3.72. The zero-order valence-electron chi connectivity index (χ0n) is 13.0. The largest absolute Gasteiger partial charge is 0.370 e. The molecule has 20 heavy (non-hydrogen) atoms. The van der Waals surface area contributed by atoms with Crippen LogP contribution in [-0.4, -0.2) is 45.2 Å². The molecule has 112 valence electrons. The Kier molecular flexibility index (Phi) is 5.47. The molecule has 1 fully saturated rings. The average molecular weight is 340 g/mol. The monoisotopic (exact) mass is 339 g/mol. The Labute approximate surface area is 131 Å². The van der Waals surface area contributed by atoms with Gasteiger partial charge in [0.2, 0.25) is 0 Å². The molecule has 4 heteroatoms. The third kappa shape index (κ3) is 3.54. The van der Waals surface area contributed by atoms with Gasteiger partial charge in [-0.3, -0.25) is 0 Å². The lowest BCUT2D eigenvalue weighted by Crippen LogP contribution is -2.45. The number of benzene rings is 1. The van der Waals surface area contributed by atoms with Crippen LogP contribution in [0.4, 0.5) is 5.69 Å². The first-order valence-electron chi connectivity index (χ1n) is 7.41. The minimum Gasteiger partial charge on any atom is -0.370 e. The van der Waals surface area contributed by atoms with Gasteiger partial charge in [-0.05, 0) is 58.6 Å². The Morgan fingerprint density at radius 2 is 2.15 bits per heavy atom. The van der Waals surface area contributed by atoms with Crippen molar-refractivity contribution in [2.45, 2.75) is 31.8 Å². The molecule has 2 unspecified atom stereocenters. The number of hydrogen-bond acceptors (Lipinski definition) is 3. The Hall–Kier alpha value is -0.580. The van der Waals surface area contributed by atoms with Gasteiger partial charge in [0, 0.05) is 35.3 Å². The highest BCUT2D eigenvalue weighted by atomic mass is 79.9. The number of halogens is 1. The standard InChI is InChI=1S/C16H26BrN3/c1-12(18-2)15-8-7-13(10-16(15)17)20-9-5-6-14(11-20)19(3)4/h7-8,10,12,14,18H,5-6,9,11H2,1-4H3. The second-order valence-corrected chi connectivity index (χ2v) is 6.78. The lowest BCUT2D eigenvalue weighted by atomic mass is 10.0. The molecule has 1 aliphatic heterocycles. The van der Waals surface area contributed by atoms with Crippen LogP contribution in [0.3, 0.4) is 0 Å². The van der Waals surface area contributed by atoms with Gasteiger partial charge < -0.3 is 15.1 Å². The number of rotatable bonds is 4. The maximum absolute atomic E-state index is 3.72. The summed E-state index contributed by atoms with van der Waals surface area (Å²) in [4.78, 5) is 4.85. The fourth-order valence-electron chi connectivity index (χ4n) is 2.83. The van der Waals surface area contributed by atoms with E-state index < -0.39 is 0 Å². The van der Waals surface area contributed by atoms with Gasteiger partial charge in [0.15, 0.2) is 0 Å². The van der Waals surface area contributed by atoms with E-state index in [4.69, 9.17) is 0 Å². The van der Waals surface area contributed by atoms with Crippen LogP contribution in [-0.2, 0) is 0 Å². The molecule has 1 heterocycles. The van der Waals surface area contributed by atoms with Crippen LogP contribution in [0.1, 0.15) is 31.4 Å². The maximum Gasteiger partial charge on any atom is 0.0378 e. The Balaban J connectivity index is 2.15. The molecule has 0 aliphatic carbocycles. The predicted octanol–water partition coefficient (Wildman–Crippen LogP) is 3.26. The molecule has 1 aromatic rings. The number of anilines is 1. The number of piperidine rings is 1. The molecule has 2 rings (SSSR count). The first-order valence-corrected chi connectivity index (χ1v) is 8.20. The topological polar surface area (TPSA) is 18.5 Å². The van der Waals surface area contributed by atoms with Crippen molar-refractivity contribution >= 4 is 21.6 Å². The summed E-state index contributed by atoms with van der Waals surface area (Å²) >= 11 is 3.72. The smallest absolute Gasteiger partial charge is 0.0378 e. The molecule has 1 N–H and O–H groups in total. The van der Waals surface area contributed by atoms with Crippen molar-refractivity contribution in [3.63, 3.8) is 0 Å². The minimum absolute atomic E-state index is 0.370. The Bertz CT molecular complexity index is 447. The van der Waals surface area contributed by atoms with Crippen molar-refractivity contribution in [2.24, 2.45) is 0 Å². The fraction of sp³-hybridized carbons (Fsp3) is 0.625. The average Bonchev–Trinajstić information content (AvgIpc) is 2.46. The third-order valence-corrected chi connectivity index (χ3v) is 5.06.